The fourth-order valence-electron chi connectivity index (χ4n) is 2.56. The molecule has 6 heteroatoms. The lowest BCUT2D eigenvalue weighted by atomic mass is 10.0. The van der Waals surface area contributed by atoms with Gasteiger partial charge in [0.15, 0.2) is 5.13 Å². The molecule has 1 atom stereocenters. The zero-order valence-corrected chi connectivity index (χ0v) is 14.1. The van der Waals surface area contributed by atoms with Gasteiger partial charge in [0.2, 0.25) is 0 Å². The molecule has 122 valence electrons. The van der Waals surface area contributed by atoms with Gasteiger partial charge >= 0.3 is 0 Å². The number of nitrogens with one attached hydrogen (secondary N) is 1. The van der Waals surface area contributed by atoms with E-state index in [0.717, 1.165) is 29.8 Å². The zero-order chi connectivity index (χ0) is 16.3. The third-order valence-corrected chi connectivity index (χ3v) is 4.62. The molecule has 1 amide bonds. The Morgan fingerprint density at radius 3 is 3.13 bits per heavy atom. The number of amides is 1. The zero-order valence-electron chi connectivity index (χ0n) is 13.3. The fourth-order valence-corrected chi connectivity index (χ4v) is 3.28. The average molecular weight is 332 g/mol. The molecule has 0 unspecified atom stereocenters. The summed E-state index contributed by atoms with van der Waals surface area (Å²) in [5, 5.41) is 5.38. The standard InChI is InChI=1S/C17H20N2O3S/c1-3-21-13-7-4-6-12(10-13)14-11-23-16(18-14)19-15(20)17(2)8-5-9-22-17/h4,6-7,10-11H,3,5,8-9H2,1-2H3,(H,18,19,20)/t17-/m1/s1. The van der Waals surface area contributed by atoms with Gasteiger partial charge in [0.25, 0.3) is 5.91 Å². The van der Waals surface area contributed by atoms with E-state index in [0.29, 0.717) is 18.3 Å². The van der Waals surface area contributed by atoms with Crippen molar-refractivity contribution in [3.63, 3.8) is 0 Å². The highest BCUT2D eigenvalue weighted by molar-refractivity contribution is 7.14. The molecule has 1 N–H and O–H groups in total. The van der Waals surface area contributed by atoms with Gasteiger partial charge in [0.1, 0.15) is 11.4 Å². The van der Waals surface area contributed by atoms with E-state index in [1.807, 2.05) is 43.5 Å². The van der Waals surface area contributed by atoms with Gasteiger partial charge in [-0.3, -0.25) is 10.1 Å². The molecule has 3 rings (SSSR count). The van der Waals surface area contributed by atoms with Crippen molar-refractivity contribution in [1.82, 2.24) is 4.98 Å². The summed E-state index contributed by atoms with van der Waals surface area (Å²) >= 11 is 1.41. The van der Waals surface area contributed by atoms with Gasteiger partial charge < -0.3 is 9.47 Å². The molecule has 1 aliphatic rings. The normalized spacial score (nSPS) is 20.4. The van der Waals surface area contributed by atoms with E-state index in [2.05, 4.69) is 10.3 Å². The predicted molar refractivity (Wildman–Crippen MR) is 90.9 cm³/mol. The molecule has 0 spiro atoms. The number of anilines is 1. The summed E-state index contributed by atoms with van der Waals surface area (Å²) in [5.41, 5.74) is 1.06. The molecule has 2 heterocycles. The van der Waals surface area contributed by atoms with Crippen LogP contribution in [0.3, 0.4) is 0 Å². The van der Waals surface area contributed by atoms with Crippen LogP contribution in [0.15, 0.2) is 29.6 Å². The molecule has 0 bridgehead atoms. The van der Waals surface area contributed by atoms with Crippen LogP contribution in [0.4, 0.5) is 5.13 Å². The smallest absolute Gasteiger partial charge is 0.258 e. The summed E-state index contributed by atoms with van der Waals surface area (Å²) in [4.78, 5) is 16.8. The summed E-state index contributed by atoms with van der Waals surface area (Å²) in [7, 11) is 0. The van der Waals surface area contributed by atoms with Gasteiger partial charge in [-0.25, -0.2) is 4.98 Å². The van der Waals surface area contributed by atoms with Crippen LogP contribution in [-0.2, 0) is 9.53 Å². The van der Waals surface area contributed by atoms with E-state index >= 15 is 0 Å². The fraction of sp³-hybridized carbons (Fsp3) is 0.412. The maximum Gasteiger partial charge on any atom is 0.258 e. The van der Waals surface area contributed by atoms with E-state index in [9.17, 15) is 4.79 Å². The minimum Gasteiger partial charge on any atom is -0.494 e. The van der Waals surface area contributed by atoms with Crippen molar-refractivity contribution in [1.29, 1.82) is 0 Å². The van der Waals surface area contributed by atoms with Gasteiger partial charge in [-0.05, 0) is 38.8 Å². The van der Waals surface area contributed by atoms with E-state index in [1.165, 1.54) is 11.3 Å². The summed E-state index contributed by atoms with van der Waals surface area (Å²) < 4.78 is 11.1. The molecule has 5 nitrogen and oxygen atoms in total. The first-order valence-electron chi connectivity index (χ1n) is 7.75. The minimum atomic E-state index is -0.735. The third-order valence-electron chi connectivity index (χ3n) is 3.86. The molecule has 1 aliphatic heterocycles. The Balaban J connectivity index is 1.73. The highest BCUT2D eigenvalue weighted by Gasteiger charge is 2.38. The van der Waals surface area contributed by atoms with Crippen LogP contribution in [0, 0.1) is 0 Å². The van der Waals surface area contributed by atoms with Crippen LogP contribution in [0.5, 0.6) is 5.75 Å². The van der Waals surface area contributed by atoms with E-state index in [4.69, 9.17) is 9.47 Å². The Morgan fingerprint density at radius 2 is 2.39 bits per heavy atom. The van der Waals surface area contributed by atoms with E-state index in [-0.39, 0.29) is 5.91 Å². The second-order valence-electron chi connectivity index (χ2n) is 5.64. The van der Waals surface area contributed by atoms with Crippen LogP contribution in [-0.4, -0.2) is 29.7 Å². The molecule has 0 radical (unpaired) electrons. The number of thiazole rings is 1. The Morgan fingerprint density at radius 1 is 1.52 bits per heavy atom. The third kappa shape index (κ3) is 3.54. The molecule has 23 heavy (non-hydrogen) atoms. The van der Waals surface area contributed by atoms with E-state index in [1.54, 1.807) is 0 Å². The Hall–Kier alpha value is -1.92. The number of hydrogen-bond donors (Lipinski definition) is 1. The number of hydrogen-bond acceptors (Lipinski definition) is 5. The highest BCUT2D eigenvalue weighted by atomic mass is 32.1. The lowest BCUT2D eigenvalue weighted by molar-refractivity contribution is -0.133. The molecular weight excluding hydrogens is 312 g/mol. The first kappa shape index (κ1) is 16.0. The van der Waals surface area contributed by atoms with Crippen LogP contribution >= 0.6 is 11.3 Å². The molecule has 1 aromatic heterocycles. The van der Waals surface area contributed by atoms with Gasteiger partial charge in [-0.1, -0.05) is 12.1 Å². The number of carbonyl (C=O) groups excluding carboxylic acids is 1. The second kappa shape index (κ2) is 6.68. The minimum absolute atomic E-state index is 0.126. The highest BCUT2D eigenvalue weighted by Crippen LogP contribution is 2.30. The van der Waals surface area contributed by atoms with Gasteiger partial charge in [-0.2, -0.15) is 0 Å². The largest absolute Gasteiger partial charge is 0.494 e. The number of nitrogens with zero attached hydrogens (tertiary/aromatic N) is 1. The number of aromatic nitrogens is 1. The molecule has 0 aliphatic carbocycles. The predicted octanol–water partition coefficient (Wildman–Crippen LogP) is 3.72. The first-order chi connectivity index (χ1) is 11.1. The van der Waals surface area contributed by atoms with Crippen molar-refractivity contribution in [2.24, 2.45) is 0 Å². The van der Waals surface area contributed by atoms with Crippen molar-refractivity contribution in [3.8, 4) is 17.0 Å². The summed E-state index contributed by atoms with van der Waals surface area (Å²) in [6.45, 7) is 5.04. The first-order valence-corrected chi connectivity index (χ1v) is 8.63. The molecule has 2 aromatic rings. The number of carbonyl (C=O) groups is 1. The van der Waals surface area contributed by atoms with Crippen molar-refractivity contribution in [2.75, 3.05) is 18.5 Å². The Kier molecular flexibility index (Phi) is 4.63. The van der Waals surface area contributed by atoms with Gasteiger partial charge in [-0.15, -0.1) is 11.3 Å². The maximum atomic E-state index is 12.3. The number of ether oxygens (including phenoxy) is 2. The average Bonchev–Trinajstić information content (AvgIpc) is 3.18. The van der Waals surface area contributed by atoms with Gasteiger partial charge in [0.05, 0.1) is 12.3 Å². The van der Waals surface area contributed by atoms with Crippen LogP contribution in [0.2, 0.25) is 0 Å². The molecule has 1 aromatic carbocycles. The lowest BCUT2D eigenvalue weighted by Gasteiger charge is -2.20. The van der Waals surface area contributed by atoms with Crippen LogP contribution in [0.1, 0.15) is 26.7 Å². The van der Waals surface area contributed by atoms with Crippen molar-refractivity contribution >= 4 is 22.4 Å². The van der Waals surface area contributed by atoms with Gasteiger partial charge in [0, 0.05) is 17.6 Å². The number of benzene rings is 1. The Labute approximate surface area is 139 Å². The second-order valence-corrected chi connectivity index (χ2v) is 6.49. The van der Waals surface area contributed by atoms with Crippen LogP contribution in [0.25, 0.3) is 11.3 Å². The summed E-state index contributed by atoms with van der Waals surface area (Å²) in [5.74, 6) is 0.689. The van der Waals surface area contributed by atoms with Crippen molar-refractivity contribution < 1.29 is 14.3 Å². The SMILES string of the molecule is CCOc1cccc(-c2csc(NC(=O)[C@@]3(C)CCCO3)n2)c1. The topological polar surface area (TPSA) is 60.5 Å². The van der Waals surface area contributed by atoms with Crippen molar-refractivity contribution in [3.05, 3.63) is 29.6 Å². The Bertz CT molecular complexity index is 693. The lowest BCUT2D eigenvalue weighted by Crippen LogP contribution is -2.39. The van der Waals surface area contributed by atoms with Crippen LogP contribution < -0.4 is 10.1 Å². The molecule has 0 saturated carbocycles. The molecule has 1 saturated heterocycles. The monoisotopic (exact) mass is 332 g/mol. The van der Waals surface area contributed by atoms with E-state index < -0.39 is 5.60 Å². The summed E-state index contributed by atoms with van der Waals surface area (Å²) in [6.07, 6.45) is 1.66. The maximum absolute atomic E-state index is 12.3. The quantitative estimate of drug-likeness (QED) is 0.906. The van der Waals surface area contributed by atoms with Crippen molar-refractivity contribution in [2.45, 2.75) is 32.3 Å². The summed E-state index contributed by atoms with van der Waals surface area (Å²) in [6, 6.07) is 7.78. The molecular formula is C17H20N2O3S. The number of rotatable bonds is 5. The molecule has 1 fully saturated rings.